The number of hydrogen-bond donors (Lipinski definition) is 0. The molecule has 0 bridgehead atoms. The van der Waals surface area contributed by atoms with Crippen LogP contribution in [0.15, 0.2) is 48.5 Å². The summed E-state index contributed by atoms with van der Waals surface area (Å²) in [6.45, 7) is 1.17. The van der Waals surface area contributed by atoms with Gasteiger partial charge in [0, 0.05) is 15.8 Å². The number of benzene rings is 2. The number of thioether (sulfide) groups is 1. The van der Waals surface area contributed by atoms with E-state index in [1.54, 1.807) is 12.1 Å². The Morgan fingerprint density at radius 2 is 1.50 bits per heavy atom. The van der Waals surface area contributed by atoms with Crippen LogP contribution in [0.25, 0.3) is 0 Å². The van der Waals surface area contributed by atoms with Gasteiger partial charge in [0.05, 0.1) is 5.75 Å². The number of halogens is 3. The lowest BCUT2D eigenvalue weighted by atomic mass is 10.2. The summed E-state index contributed by atoms with van der Waals surface area (Å²) >= 11 is 12.7. The lowest BCUT2D eigenvalue weighted by Gasteiger charge is -1.99. The minimum Gasteiger partial charge on any atom is -0.296 e. The van der Waals surface area contributed by atoms with E-state index < -0.39 is 6.67 Å². The van der Waals surface area contributed by atoms with Gasteiger partial charge >= 0.3 is 0 Å². The number of rotatable bonds is 5. The molecular formula is C17H17Cl2FOS. The Hall–Kier alpha value is -1.03. The highest BCUT2D eigenvalue weighted by atomic mass is 35.5. The summed E-state index contributed by atoms with van der Waals surface area (Å²) in [6.07, 6.45) is 0. The quantitative estimate of drug-likeness (QED) is 0.675. The van der Waals surface area contributed by atoms with Crippen molar-refractivity contribution >= 4 is 40.7 Å². The largest absolute Gasteiger partial charge is 0.296 e. The van der Waals surface area contributed by atoms with Crippen LogP contribution in [0.4, 0.5) is 4.39 Å². The molecule has 2 aromatic carbocycles. The number of aryl methyl sites for hydroxylation is 1. The molecule has 0 N–H and O–H groups in total. The summed E-state index contributed by atoms with van der Waals surface area (Å²) in [5.41, 5.74) is 2.33. The van der Waals surface area contributed by atoms with E-state index in [4.69, 9.17) is 23.2 Å². The van der Waals surface area contributed by atoms with Gasteiger partial charge in [-0.3, -0.25) is 4.79 Å². The third kappa shape index (κ3) is 8.42. The first kappa shape index (κ1) is 19.0. The van der Waals surface area contributed by atoms with Crippen molar-refractivity contribution in [3.05, 3.63) is 69.7 Å². The van der Waals surface area contributed by atoms with Gasteiger partial charge in [-0.05, 0) is 36.8 Å². The average molecular weight is 359 g/mol. The third-order valence-corrected chi connectivity index (χ3v) is 4.17. The predicted molar refractivity (Wildman–Crippen MR) is 94.8 cm³/mol. The van der Waals surface area contributed by atoms with Crippen LogP contribution in [0, 0.1) is 6.92 Å². The molecule has 2 rings (SSSR count). The molecule has 0 aliphatic heterocycles. The van der Waals surface area contributed by atoms with Gasteiger partial charge in [0.15, 0.2) is 5.78 Å². The normalized spacial score (nSPS) is 9.82. The van der Waals surface area contributed by atoms with E-state index in [2.05, 4.69) is 0 Å². The molecule has 0 atom stereocenters. The van der Waals surface area contributed by atoms with Gasteiger partial charge < -0.3 is 0 Å². The minimum absolute atomic E-state index is 0.235. The third-order valence-electron chi connectivity index (χ3n) is 2.60. The Bertz CT molecular complexity index is 549. The Morgan fingerprint density at radius 3 is 1.95 bits per heavy atom. The van der Waals surface area contributed by atoms with Gasteiger partial charge in [0.2, 0.25) is 0 Å². The molecule has 0 aliphatic rings. The van der Waals surface area contributed by atoms with Crippen molar-refractivity contribution in [2.24, 2.45) is 0 Å². The van der Waals surface area contributed by atoms with Gasteiger partial charge in [-0.15, -0.1) is 11.8 Å². The van der Waals surface area contributed by atoms with Crippen LogP contribution in [-0.4, -0.2) is 18.2 Å². The molecule has 0 radical (unpaired) electrons. The van der Waals surface area contributed by atoms with E-state index in [1.165, 1.54) is 17.3 Å². The van der Waals surface area contributed by atoms with Crippen molar-refractivity contribution in [1.82, 2.24) is 0 Å². The molecule has 5 heteroatoms. The van der Waals surface area contributed by atoms with Crippen molar-refractivity contribution in [2.45, 2.75) is 12.7 Å². The highest BCUT2D eigenvalue weighted by Crippen LogP contribution is 2.15. The maximum absolute atomic E-state index is 11.8. The van der Waals surface area contributed by atoms with Gasteiger partial charge in [0.25, 0.3) is 0 Å². The summed E-state index contributed by atoms with van der Waals surface area (Å²) in [6, 6.07) is 15.1. The van der Waals surface area contributed by atoms with Gasteiger partial charge in [-0.25, -0.2) is 4.39 Å². The summed E-state index contributed by atoms with van der Waals surface area (Å²) in [7, 11) is 0. The highest BCUT2D eigenvalue weighted by molar-refractivity contribution is 7.99. The number of carbonyl (C=O) groups is 1. The first-order valence-corrected chi connectivity index (χ1v) is 8.54. The molecular weight excluding hydrogens is 342 g/mol. The average Bonchev–Trinajstić information content (AvgIpc) is 2.52. The molecule has 0 aromatic heterocycles. The second-order valence-electron chi connectivity index (χ2n) is 4.59. The van der Waals surface area contributed by atoms with Crippen molar-refractivity contribution in [3.8, 4) is 0 Å². The van der Waals surface area contributed by atoms with E-state index in [1.807, 2.05) is 43.3 Å². The molecule has 0 fully saturated rings. The van der Waals surface area contributed by atoms with E-state index in [9.17, 15) is 9.18 Å². The highest BCUT2D eigenvalue weighted by Gasteiger charge is 2.00. The molecule has 0 saturated carbocycles. The fourth-order valence-corrected chi connectivity index (χ4v) is 2.52. The Kier molecular flexibility index (Phi) is 9.21. The Balaban J connectivity index is 0.000000255. The van der Waals surface area contributed by atoms with Crippen LogP contribution in [-0.2, 0) is 10.5 Å². The van der Waals surface area contributed by atoms with E-state index in [0.717, 1.165) is 10.6 Å². The van der Waals surface area contributed by atoms with E-state index >= 15 is 0 Å². The number of Topliss-reactive ketones (excluding diaryl/α,β-unsaturated/α-hetero) is 1. The predicted octanol–water partition coefficient (Wildman–Crippen LogP) is 5.76. The molecule has 0 heterocycles. The molecule has 0 saturated heterocycles. The van der Waals surface area contributed by atoms with Crippen LogP contribution in [0.1, 0.15) is 11.1 Å². The molecule has 0 spiro atoms. The van der Waals surface area contributed by atoms with Crippen molar-refractivity contribution in [3.63, 3.8) is 0 Å². The van der Waals surface area contributed by atoms with Crippen LogP contribution >= 0.6 is 35.0 Å². The van der Waals surface area contributed by atoms with Crippen LogP contribution in [0.2, 0.25) is 10.0 Å². The summed E-state index contributed by atoms with van der Waals surface area (Å²) in [5, 5.41) is 1.49. The standard InChI is InChI=1S/C10H10ClFOS.C7H7Cl/c11-9-3-1-8(2-4-9)6-14-7-10(13)5-12;1-6-2-4-7(8)5-3-6/h1-4H,5-7H2;2-5H,1H3. The van der Waals surface area contributed by atoms with Crippen molar-refractivity contribution < 1.29 is 9.18 Å². The summed E-state index contributed by atoms with van der Waals surface area (Å²) in [4.78, 5) is 10.6. The minimum atomic E-state index is -0.867. The second kappa shape index (κ2) is 10.7. The Labute approximate surface area is 144 Å². The van der Waals surface area contributed by atoms with Crippen molar-refractivity contribution in [1.29, 1.82) is 0 Å². The SMILES string of the molecule is Cc1ccc(Cl)cc1.O=C(CF)CSCc1ccc(Cl)cc1. The maximum Gasteiger partial charge on any atom is 0.173 e. The molecule has 118 valence electrons. The fraction of sp³-hybridized carbons (Fsp3) is 0.235. The zero-order valence-electron chi connectivity index (χ0n) is 12.2. The van der Waals surface area contributed by atoms with Gasteiger partial charge in [-0.1, -0.05) is 53.0 Å². The molecule has 0 unspecified atom stereocenters. The maximum atomic E-state index is 11.8. The Morgan fingerprint density at radius 1 is 1.00 bits per heavy atom. The molecule has 22 heavy (non-hydrogen) atoms. The van der Waals surface area contributed by atoms with E-state index in [0.29, 0.717) is 10.8 Å². The zero-order chi connectivity index (χ0) is 16.4. The number of hydrogen-bond acceptors (Lipinski definition) is 2. The first-order valence-electron chi connectivity index (χ1n) is 6.63. The molecule has 0 amide bonds. The topological polar surface area (TPSA) is 17.1 Å². The number of carbonyl (C=O) groups excluding carboxylic acids is 1. The molecule has 2 aromatic rings. The molecule has 0 aliphatic carbocycles. The number of ketones is 1. The van der Waals surface area contributed by atoms with E-state index in [-0.39, 0.29) is 11.5 Å². The van der Waals surface area contributed by atoms with Crippen molar-refractivity contribution in [2.75, 3.05) is 12.4 Å². The summed E-state index contributed by atoms with van der Waals surface area (Å²) in [5.74, 6) is 0.589. The van der Waals surface area contributed by atoms with Gasteiger partial charge in [0.1, 0.15) is 6.67 Å². The van der Waals surface area contributed by atoms with Crippen LogP contribution in [0.3, 0.4) is 0 Å². The first-order chi connectivity index (χ1) is 10.5. The summed E-state index contributed by atoms with van der Waals surface area (Å²) < 4.78 is 11.8. The monoisotopic (exact) mass is 358 g/mol. The lowest BCUT2D eigenvalue weighted by molar-refractivity contribution is -0.117. The molecule has 1 nitrogen and oxygen atoms in total. The van der Waals surface area contributed by atoms with Crippen LogP contribution in [0.5, 0.6) is 0 Å². The van der Waals surface area contributed by atoms with Crippen LogP contribution < -0.4 is 0 Å². The smallest absolute Gasteiger partial charge is 0.173 e. The lowest BCUT2D eigenvalue weighted by Crippen LogP contribution is -2.03. The van der Waals surface area contributed by atoms with Gasteiger partial charge in [-0.2, -0.15) is 0 Å². The number of alkyl halides is 1. The zero-order valence-corrected chi connectivity index (χ0v) is 14.5. The second-order valence-corrected chi connectivity index (χ2v) is 6.45. The fourth-order valence-electron chi connectivity index (χ4n) is 1.44.